The first-order valence-corrected chi connectivity index (χ1v) is 11.8. The average Bonchev–Trinajstić information content (AvgIpc) is 2.79. The fourth-order valence-electron chi connectivity index (χ4n) is 3.24. The lowest BCUT2D eigenvalue weighted by Gasteiger charge is -2.20. The number of carbonyl (C=O) groups is 1. The van der Waals surface area contributed by atoms with Gasteiger partial charge in [-0.05, 0) is 42.8 Å². The molecule has 32 heavy (non-hydrogen) atoms. The molecule has 1 N–H and O–H groups in total. The predicted octanol–water partition coefficient (Wildman–Crippen LogP) is 4.25. The number of sulfonamides is 1. The first kappa shape index (κ1) is 23.4. The van der Waals surface area contributed by atoms with Crippen LogP contribution >= 0.6 is 0 Å². The summed E-state index contributed by atoms with van der Waals surface area (Å²) in [4.78, 5) is 17.0. The predicted molar refractivity (Wildman–Crippen MR) is 124 cm³/mol. The van der Waals surface area contributed by atoms with Crippen molar-refractivity contribution in [2.45, 2.75) is 32.3 Å². The summed E-state index contributed by atoms with van der Waals surface area (Å²) in [6.45, 7) is 6.38. The van der Waals surface area contributed by atoms with E-state index in [0.29, 0.717) is 36.7 Å². The summed E-state index contributed by atoms with van der Waals surface area (Å²) < 4.78 is 33.1. The van der Waals surface area contributed by atoms with Gasteiger partial charge in [-0.25, -0.2) is 8.42 Å². The highest BCUT2D eigenvalue weighted by Crippen LogP contribution is 2.23. The minimum Gasteiger partial charge on any atom is -0.489 e. The van der Waals surface area contributed by atoms with Crippen LogP contribution < -0.4 is 10.1 Å². The first-order chi connectivity index (χ1) is 15.3. The van der Waals surface area contributed by atoms with E-state index in [2.05, 4.69) is 10.3 Å². The Kier molecular flexibility index (Phi) is 7.61. The van der Waals surface area contributed by atoms with Crippen LogP contribution in [0.1, 0.15) is 35.3 Å². The van der Waals surface area contributed by atoms with Crippen LogP contribution in [0.25, 0.3) is 0 Å². The SMILES string of the molecule is CCN(CC)S(=O)(=O)c1cc(C(=O)Nc2cccc(OCc3cccnc3)c2)ccc1C. The zero-order valence-electron chi connectivity index (χ0n) is 18.4. The largest absolute Gasteiger partial charge is 0.489 e. The van der Waals surface area contributed by atoms with Crippen molar-refractivity contribution in [3.63, 3.8) is 0 Å². The highest BCUT2D eigenvalue weighted by molar-refractivity contribution is 7.89. The summed E-state index contributed by atoms with van der Waals surface area (Å²) >= 11 is 0. The van der Waals surface area contributed by atoms with E-state index in [1.807, 2.05) is 12.1 Å². The maximum atomic E-state index is 13.0. The molecular weight excluding hydrogens is 426 g/mol. The second-order valence-electron chi connectivity index (χ2n) is 7.20. The summed E-state index contributed by atoms with van der Waals surface area (Å²) in [5, 5.41) is 2.81. The maximum Gasteiger partial charge on any atom is 0.255 e. The van der Waals surface area contributed by atoms with Crippen LogP contribution in [0, 0.1) is 6.92 Å². The molecule has 0 aliphatic carbocycles. The summed E-state index contributed by atoms with van der Waals surface area (Å²) in [5.74, 6) is 0.200. The van der Waals surface area contributed by atoms with Crippen LogP contribution in [-0.2, 0) is 16.6 Å². The van der Waals surface area contributed by atoms with E-state index in [0.717, 1.165) is 5.56 Å². The fourth-order valence-corrected chi connectivity index (χ4v) is 4.95. The third-order valence-corrected chi connectivity index (χ3v) is 7.19. The van der Waals surface area contributed by atoms with Crippen LogP contribution in [0.5, 0.6) is 5.75 Å². The lowest BCUT2D eigenvalue weighted by Crippen LogP contribution is -2.31. The number of nitrogens with one attached hydrogen (secondary N) is 1. The molecule has 0 saturated heterocycles. The molecule has 0 atom stereocenters. The van der Waals surface area contributed by atoms with Crippen LogP contribution in [0.4, 0.5) is 5.69 Å². The number of anilines is 1. The number of rotatable bonds is 9. The van der Waals surface area contributed by atoms with Gasteiger partial charge in [0.15, 0.2) is 0 Å². The monoisotopic (exact) mass is 453 g/mol. The number of benzene rings is 2. The molecule has 1 aromatic heterocycles. The number of hydrogen-bond donors (Lipinski definition) is 1. The van der Waals surface area contributed by atoms with Crippen molar-refractivity contribution in [3.8, 4) is 5.75 Å². The molecule has 0 fully saturated rings. The smallest absolute Gasteiger partial charge is 0.255 e. The zero-order valence-corrected chi connectivity index (χ0v) is 19.2. The van der Waals surface area contributed by atoms with Gasteiger partial charge < -0.3 is 10.1 Å². The van der Waals surface area contributed by atoms with Crippen LogP contribution in [0.2, 0.25) is 0 Å². The van der Waals surface area contributed by atoms with Crippen molar-refractivity contribution in [1.29, 1.82) is 0 Å². The average molecular weight is 454 g/mol. The zero-order chi connectivity index (χ0) is 23.1. The van der Waals surface area contributed by atoms with Gasteiger partial charge >= 0.3 is 0 Å². The van der Waals surface area contributed by atoms with Gasteiger partial charge in [0.05, 0.1) is 4.90 Å². The summed E-state index contributed by atoms with van der Waals surface area (Å²) in [5.41, 5.74) is 2.35. The van der Waals surface area contributed by atoms with E-state index >= 15 is 0 Å². The summed E-state index contributed by atoms with van der Waals surface area (Å²) in [6, 6.07) is 15.5. The first-order valence-electron chi connectivity index (χ1n) is 10.4. The van der Waals surface area contributed by atoms with Gasteiger partial charge in [-0.1, -0.05) is 32.0 Å². The minimum atomic E-state index is -3.67. The van der Waals surface area contributed by atoms with Crippen molar-refractivity contribution < 1.29 is 17.9 Å². The highest BCUT2D eigenvalue weighted by atomic mass is 32.2. The highest BCUT2D eigenvalue weighted by Gasteiger charge is 2.24. The number of pyridine rings is 1. The number of hydrogen-bond acceptors (Lipinski definition) is 5. The molecular formula is C24H27N3O4S. The third-order valence-electron chi connectivity index (χ3n) is 4.99. The molecule has 168 valence electrons. The van der Waals surface area contributed by atoms with Gasteiger partial charge in [-0.2, -0.15) is 4.31 Å². The minimum absolute atomic E-state index is 0.141. The lowest BCUT2D eigenvalue weighted by atomic mass is 10.1. The Morgan fingerprint density at radius 1 is 1.06 bits per heavy atom. The number of nitrogens with zero attached hydrogens (tertiary/aromatic N) is 2. The van der Waals surface area contributed by atoms with Gasteiger partial charge in [0.25, 0.3) is 5.91 Å². The quantitative estimate of drug-likeness (QED) is 0.523. The molecule has 0 aliphatic rings. The normalized spacial score (nSPS) is 11.4. The Morgan fingerprint density at radius 2 is 1.84 bits per heavy atom. The third kappa shape index (κ3) is 5.52. The lowest BCUT2D eigenvalue weighted by molar-refractivity contribution is 0.102. The number of amides is 1. The Hall–Kier alpha value is -3.23. The van der Waals surface area contributed by atoms with E-state index in [1.54, 1.807) is 69.6 Å². The number of carbonyl (C=O) groups excluding carboxylic acids is 1. The Bertz CT molecular complexity index is 1180. The van der Waals surface area contributed by atoms with Gasteiger partial charge in [-0.15, -0.1) is 0 Å². The summed E-state index contributed by atoms with van der Waals surface area (Å²) in [6.07, 6.45) is 3.43. The van der Waals surface area contributed by atoms with Crippen molar-refractivity contribution in [2.75, 3.05) is 18.4 Å². The van der Waals surface area contributed by atoms with Crippen molar-refractivity contribution in [1.82, 2.24) is 9.29 Å². The molecule has 0 radical (unpaired) electrons. The molecule has 1 amide bonds. The Morgan fingerprint density at radius 3 is 2.53 bits per heavy atom. The Labute approximate surface area is 189 Å². The number of ether oxygens (including phenoxy) is 1. The molecule has 1 heterocycles. The topological polar surface area (TPSA) is 88.6 Å². The molecule has 0 spiro atoms. The molecule has 0 saturated carbocycles. The van der Waals surface area contributed by atoms with E-state index in [1.165, 1.54) is 10.4 Å². The van der Waals surface area contributed by atoms with E-state index in [9.17, 15) is 13.2 Å². The molecule has 0 aliphatic heterocycles. The van der Waals surface area contributed by atoms with Gasteiger partial charge in [0.2, 0.25) is 10.0 Å². The van der Waals surface area contributed by atoms with Crippen LogP contribution in [-0.4, -0.2) is 36.7 Å². The van der Waals surface area contributed by atoms with Crippen LogP contribution in [0.3, 0.4) is 0 Å². The second-order valence-corrected chi connectivity index (χ2v) is 9.11. The van der Waals surface area contributed by atoms with Crippen molar-refractivity contribution >= 4 is 21.6 Å². The summed E-state index contributed by atoms with van der Waals surface area (Å²) in [7, 11) is -3.67. The van der Waals surface area contributed by atoms with Gasteiger partial charge in [0.1, 0.15) is 12.4 Å². The van der Waals surface area contributed by atoms with Gasteiger partial charge in [0, 0.05) is 48.4 Å². The molecule has 0 unspecified atom stereocenters. The molecule has 7 nitrogen and oxygen atoms in total. The Balaban J connectivity index is 1.76. The van der Waals surface area contributed by atoms with E-state index < -0.39 is 15.9 Å². The van der Waals surface area contributed by atoms with Crippen molar-refractivity contribution in [3.05, 3.63) is 83.7 Å². The fraction of sp³-hybridized carbons (Fsp3) is 0.250. The second kappa shape index (κ2) is 10.4. The molecule has 3 rings (SSSR count). The van der Waals surface area contributed by atoms with Crippen molar-refractivity contribution in [2.24, 2.45) is 0 Å². The van der Waals surface area contributed by atoms with Crippen LogP contribution in [0.15, 0.2) is 71.9 Å². The number of aryl methyl sites for hydroxylation is 1. The maximum absolute atomic E-state index is 13.0. The molecule has 0 bridgehead atoms. The van der Waals surface area contributed by atoms with E-state index in [-0.39, 0.29) is 10.5 Å². The number of aromatic nitrogens is 1. The van der Waals surface area contributed by atoms with E-state index in [4.69, 9.17) is 4.74 Å². The molecule has 3 aromatic rings. The molecule has 8 heteroatoms. The van der Waals surface area contributed by atoms with Gasteiger partial charge in [-0.3, -0.25) is 9.78 Å². The standard InChI is InChI=1S/C24H27N3O4S/c1-4-27(5-2)32(29,30)23-14-20(12-11-18(23)3)24(28)26-21-9-6-10-22(15-21)31-17-19-8-7-13-25-16-19/h6-16H,4-5,17H2,1-3H3,(H,26,28). The molecule has 2 aromatic carbocycles.